The molecule has 0 aliphatic heterocycles. The fourth-order valence-electron chi connectivity index (χ4n) is 1.54. The maximum atomic E-state index is 9.57. The Hall–Kier alpha value is -0.140. The van der Waals surface area contributed by atoms with E-state index in [1.807, 2.05) is 12.1 Å². The zero-order valence-corrected chi connectivity index (χ0v) is 14.3. The van der Waals surface area contributed by atoms with Crippen LogP contribution in [0.3, 0.4) is 0 Å². The van der Waals surface area contributed by atoms with Crippen molar-refractivity contribution in [2.45, 2.75) is 19.6 Å². The second kappa shape index (κ2) is 8.92. The van der Waals surface area contributed by atoms with Gasteiger partial charge in [0.1, 0.15) is 18.5 Å². The first-order valence-electron chi connectivity index (χ1n) is 6.06. The minimum Gasteiger partial charge on any atom is -0.488 e. The maximum Gasteiger partial charge on any atom is 0.147 e. The summed E-state index contributed by atoms with van der Waals surface area (Å²) in [5, 5.41) is 12.8. The Balaban J connectivity index is 2.68. The molecule has 0 aliphatic rings. The summed E-state index contributed by atoms with van der Waals surface area (Å²) in [5.74, 6) is 0.690. The highest BCUT2D eigenvalue weighted by molar-refractivity contribution is 9.11. The number of halogens is 2. The van der Waals surface area contributed by atoms with Crippen molar-refractivity contribution in [3.63, 3.8) is 0 Å². The van der Waals surface area contributed by atoms with Crippen LogP contribution in [0.5, 0.6) is 5.75 Å². The lowest BCUT2D eigenvalue weighted by Crippen LogP contribution is -2.22. The minimum atomic E-state index is -0.634. The molecule has 0 aliphatic carbocycles. The summed E-state index contributed by atoms with van der Waals surface area (Å²) in [6.45, 7) is 4.25. The number of nitrogens with one attached hydrogen (secondary N) is 1. The summed E-state index contributed by atoms with van der Waals surface area (Å²) in [5.41, 5.74) is 1.16. The molecule has 0 heterocycles. The average molecular weight is 397 g/mol. The van der Waals surface area contributed by atoms with E-state index in [0.717, 1.165) is 27.6 Å². The van der Waals surface area contributed by atoms with Crippen molar-refractivity contribution in [1.29, 1.82) is 0 Å². The van der Waals surface area contributed by atoms with Crippen molar-refractivity contribution in [3.05, 3.63) is 26.6 Å². The Morgan fingerprint density at radius 1 is 1.26 bits per heavy atom. The second-order valence-electron chi connectivity index (χ2n) is 4.09. The molecule has 1 unspecified atom stereocenters. The van der Waals surface area contributed by atoms with Crippen LogP contribution >= 0.6 is 31.9 Å². The molecule has 1 aromatic rings. The van der Waals surface area contributed by atoms with Gasteiger partial charge in [0, 0.05) is 13.7 Å². The lowest BCUT2D eigenvalue weighted by atomic mass is 10.2. The van der Waals surface area contributed by atoms with Crippen LogP contribution in [0.15, 0.2) is 21.1 Å². The molecular weight excluding hydrogens is 378 g/mol. The normalized spacial score (nSPS) is 12.5. The number of hydrogen-bond donors (Lipinski definition) is 2. The number of aliphatic hydroxyl groups is 1. The molecule has 0 saturated heterocycles. The Kier molecular flexibility index (Phi) is 7.94. The van der Waals surface area contributed by atoms with Crippen molar-refractivity contribution >= 4 is 31.9 Å². The largest absolute Gasteiger partial charge is 0.488 e. The van der Waals surface area contributed by atoms with Crippen LogP contribution in [-0.2, 0) is 11.3 Å². The topological polar surface area (TPSA) is 50.7 Å². The summed E-state index contributed by atoms with van der Waals surface area (Å²) >= 11 is 6.97. The quantitative estimate of drug-likeness (QED) is 0.709. The smallest absolute Gasteiger partial charge is 0.147 e. The van der Waals surface area contributed by atoms with E-state index in [2.05, 4.69) is 44.1 Å². The SMILES string of the molecule is CCNCc1cc(Br)c(OCC(O)COC)c(Br)c1. The van der Waals surface area contributed by atoms with Gasteiger partial charge in [0.25, 0.3) is 0 Å². The highest BCUT2D eigenvalue weighted by Gasteiger charge is 2.11. The van der Waals surface area contributed by atoms with E-state index in [9.17, 15) is 5.11 Å². The van der Waals surface area contributed by atoms with Gasteiger partial charge in [-0.3, -0.25) is 0 Å². The molecule has 1 rings (SSSR count). The predicted molar refractivity (Wildman–Crippen MR) is 82.6 cm³/mol. The molecule has 4 nitrogen and oxygen atoms in total. The van der Waals surface area contributed by atoms with Crippen molar-refractivity contribution in [2.75, 3.05) is 26.9 Å². The molecule has 0 radical (unpaired) electrons. The highest BCUT2D eigenvalue weighted by Crippen LogP contribution is 2.34. The van der Waals surface area contributed by atoms with Gasteiger partial charge >= 0.3 is 0 Å². The fourth-order valence-corrected chi connectivity index (χ4v) is 3.05. The minimum absolute atomic E-state index is 0.192. The van der Waals surface area contributed by atoms with Crippen LogP contribution in [0.4, 0.5) is 0 Å². The lowest BCUT2D eigenvalue weighted by Gasteiger charge is -2.15. The summed E-state index contributed by atoms with van der Waals surface area (Å²) in [6, 6.07) is 4.01. The van der Waals surface area contributed by atoms with E-state index in [0.29, 0.717) is 5.75 Å². The highest BCUT2D eigenvalue weighted by atomic mass is 79.9. The Bertz CT molecular complexity index is 378. The van der Waals surface area contributed by atoms with E-state index in [-0.39, 0.29) is 13.2 Å². The second-order valence-corrected chi connectivity index (χ2v) is 5.80. The number of ether oxygens (including phenoxy) is 2. The molecular formula is C13H19Br2NO3. The molecule has 0 amide bonds. The number of methoxy groups -OCH3 is 1. The van der Waals surface area contributed by atoms with Crippen molar-refractivity contribution in [2.24, 2.45) is 0 Å². The Labute approximate surface area is 130 Å². The van der Waals surface area contributed by atoms with Gasteiger partial charge in [-0.15, -0.1) is 0 Å². The molecule has 0 aromatic heterocycles. The van der Waals surface area contributed by atoms with Gasteiger partial charge in [-0.1, -0.05) is 6.92 Å². The summed E-state index contributed by atoms with van der Waals surface area (Å²) in [6.07, 6.45) is -0.634. The molecule has 6 heteroatoms. The van der Waals surface area contributed by atoms with Gasteiger partial charge in [-0.2, -0.15) is 0 Å². The third-order valence-electron chi connectivity index (χ3n) is 2.42. The van der Waals surface area contributed by atoms with E-state index in [1.165, 1.54) is 0 Å². The summed E-state index contributed by atoms with van der Waals surface area (Å²) in [4.78, 5) is 0. The van der Waals surface area contributed by atoms with Gasteiger partial charge in [-0.05, 0) is 56.1 Å². The van der Waals surface area contributed by atoms with Crippen molar-refractivity contribution in [1.82, 2.24) is 5.32 Å². The van der Waals surface area contributed by atoms with E-state index >= 15 is 0 Å². The number of hydrogen-bond acceptors (Lipinski definition) is 4. The van der Waals surface area contributed by atoms with Crippen LogP contribution in [0, 0.1) is 0 Å². The van der Waals surface area contributed by atoms with Gasteiger partial charge in [0.05, 0.1) is 15.6 Å². The lowest BCUT2D eigenvalue weighted by molar-refractivity contribution is 0.0322. The van der Waals surface area contributed by atoms with Crippen LogP contribution in [-0.4, -0.2) is 38.1 Å². The van der Waals surface area contributed by atoms with E-state index < -0.39 is 6.10 Å². The third kappa shape index (κ3) is 5.79. The molecule has 108 valence electrons. The number of rotatable bonds is 8. The molecule has 2 N–H and O–H groups in total. The first kappa shape index (κ1) is 16.9. The van der Waals surface area contributed by atoms with Gasteiger partial charge in [-0.25, -0.2) is 0 Å². The van der Waals surface area contributed by atoms with Crippen molar-refractivity contribution in [3.8, 4) is 5.75 Å². The first-order valence-corrected chi connectivity index (χ1v) is 7.65. The average Bonchev–Trinajstić information content (AvgIpc) is 2.35. The third-order valence-corrected chi connectivity index (χ3v) is 3.59. The van der Waals surface area contributed by atoms with Gasteiger partial charge in [0.15, 0.2) is 0 Å². The number of benzene rings is 1. The van der Waals surface area contributed by atoms with Crippen molar-refractivity contribution < 1.29 is 14.6 Å². The predicted octanol–water partition coefficient (Wildman–Crippen LogP) is 2.71. The van der Waals surface area contributed by atoms with Gasteiger partial charge in [0.2, 0.25) is 0 Å². The molecule has 0 bridgehead atoms. The van der Waals surface area contributed by atoms with Gasteiger partial charge < -0.3 is 19.9 Å². The van der Waals surface area contributed by atoms with Crippen LogP contribution < -0.4 is 10.1 Å². The molecule has 0 saturated carbocycles. The van der Waals surface area contributed by atoms with Crippen LogP contribution in [0.25, 0.3) is 0 Å². The first-order chi connectivity index (χ1) is 9.08. The van der Waals surface area contributed by atoms with E-state index in [4.69, 9.17) is 9.47 Å². The van der Waals surface area contributed by atoms with E-state index in [1.54, 1.807) is 7.11 Å². The van der Waals surface area contributed by atoms with Crippen LogP contribution in [0.2, 0.25) is 0 Å². The zero-order chi connectivity index (χ0) is 14.3. The molecule has 0 spiro atoms. The standard InChI is InChI=1S/C13H19Br2NO3/c1-3-16-6-9-4-11(14)13(12(15)5-9)19-8-10(17)7-18-2/h4-5,10,16-17H,3,6-8H2,1-2H3. The molecule has 1 aromatic carbocycles. The number of aliphatic hydroxyl groups excluding tert-OH is 1. The zero-order valence-electron chi connectivity index (χ0n) is 11.1. The summed E-state index contributed by atoms with van der Waals surface area (Å²) in [7, 11) is 1.55. The molecule has 0 fully saturated rings. The monoisotopic (exact) mass is 395 g/mol. The fraction of sp³-hybridized carbons (Fsp3) is 0.538. The maximum absolute atomic E-state index is 9.57. The summed E-state index contributed by atoms with van der Waals surface area (Å²) < 4.78 is 12.2. The molecule has 19 heavy (non-hydrogen) atoms. The van der Waals surface area contributed by atoms with Crippen LogP contribution in [0.1, 0.15) is 12.5 Å². The Morgan fingerprint density at radius 3 is 2.42 bits per heavy atom. The molecule has 1 atom stereocenters. The Morgan fingerprint density at radius 2 is 1.89 bits per heavy atom.